The van der Waals surface area contributed by atoms with Crippen LogP contribution in [0, 0.1) is 5.92 Å². The van der Waals surface area contributed by atoms with Crippen LogP contribution >= 0.6 is 11.3 Å². The number of nitrogens with zero attached hydrogens (tertiary/aromatic N) is 2. The average molecular weight is 474 g/mol. The lowest BCUT2D eigenvalue weighted by Crippen LogP contribution is -2.54. The fraction of sp³-hybridized carbons (Fsp3) is 0.250. The average Bonchev–Trinajstić information content (AvgIpc) is 3.26. The second-order valence-corrected chi connectivity index (χ2v) is 8.94. The van der Waals surface area contributed by atoms with Crippen molar-refractivity contribution in [3.8, 4) is 16.9 Å². The molecule has 2 N–H and O–H groups in total. The standard InChI is InChI=1S/C24H22F3N3O2S/c1-23(19(11-15-7-4-3-5-8-15)21(31)30(2)22(28)29-23)20-13-17(14-33-20)16-9-6-10-18(12-16)32-24(25,26)27/h3-10,12-14,19H,11H2,1-2H3,(H2,28,29)/t19-,23-/m0/s1. The van der Waals surface area contributed by atoms with Gasteiger partial charge in [-0.2, -0.15) is 0 Å². The van der Waals surface area contributed by atoms with Crippen molar-refractivity contribution in [2.45, 2.75) is 25.2 Å². The highest BCUT2D eigenvalue weighted by atomic mass is 32.1. The zero-order valence-corrected chi connectivity index (χ0v) is 18.8. The molecular formula is C24H22F3N3O2S. The summed E-state index contributed by atoms with van der Waals surface area (Å²) < 4.78 is 41.9. The number of carbonyl (C=O) groups is 1. The van der Waals surface area contributed by atoms with Gasteiger partial charge in [0.15, 0.2) is 5.96 Å². The van der Waals surface area contributed by atoms with Gasteiger partial charge in [-0.25, -0.2) is 4.99 Å². The lowest BCUT2D eigenvalue weighted by Gasteiger charge is -2.40. The molecule has 5 nitrogen and oxygen atoms in total. The van der Waals surface area contributed by atoms with Gasteiger partial charge in [0.2, 0.25) is 5.91 Å². The lowest BCUT2D eigenvalue weighted by atomic mass is 9.78. The molecule has 0 saturated heterocycles. The van der Waals surface area contributed by atoms with Crippen molar-refractivity contribution in [3.63, 3.8) is 0 Å². The number of ether oxygens (including phenoxy) is 1. The molecule has 0 unspecified atom stereocenters. The molecule has 1 amide bonds. The molecule has 1 aliphatic rings. The normalized spacial score (nSPS) is 21.1. The second-order valence-electron chi connectivity index (χ2n) is 8.03. The summed E-state index contributed by atoms with van der Waals surface area (Å²) in [5, 5.41) is 1.83. The molecule has 0 spiro atoms. The summed E-state index contributed by atoms with van der Waals surface area (Å²) in [6, 6.07) is 17.3. The van der Waals surface area contributed by atoms with E-state index in [4.69, 9.17) is 10.7 Å². The number of guanidine groups is 1. The third-order valence-corrected chi connectivity index (χ3v) is 6.94. The zero-order chi connectivity index (χ0) is 23.8. The van der Waals surface area contributed by atoms with Crippen LogP contribution in [-0.4, -0.2) is 30.2 Å². The molecule has 0 aliphatic carbocycles. The van der Waals surface area contributed by atoms with E-state index in [2.05, 4.69) is 4.74 Å². The van der Waals surface area contributed by atoms with Crippen LogP contribution < -0.4 is 10.5 Å². The van der Waals surface area contributed by atoms with Gasteiger partial charge in [-0.3, -0.25) is 9.69 Å². The molecule has 3 aromatic rings. The van der Waals surface area contributed by atoms with E-state index in [9.17, 15) is 18.0 Å². The Morgan fingerprint density at radius 1 is 1.12 bits per heavy atom. The molecule has 4 rings (SSSR count). The van der Waals surface area contributed by atoms with Crippen molar-refractivity contribution in [2.24, 2.45) is 16.6 Å². The van der Waals surface area contributed by atoms with Crippen LogP contribution in [0.3, 0.4) is 0 Å². The summed E-state index contributed by atoms with van der Waals surface area (Å²) in [4.78, 5) is 20.1. The molecular weight excluding hydrogens is 451 g/mol. The number of aliphatic imine (C=N–C) groups is 1. The van der Waals surface area contributed by atoms with Crippen LogP contribution in [0.5, 0.6) is 5.75 Å². The summed E-state index contributed by atoms with van der Waals surface area (Å²) in [6.45, 7) is 1.87. The number of halogens is 3. The lowest BCUT2D eigenvalue weighted by molar-refractivity contribution is -0.274. The van der Waals surface area contributed by atoms with Crippen LogP contribution in [0.2, 0.25) is 0 Å². The molecule has 2 aromatic carbocycles. The predicted octanol–water partition coefficient (Wildman–Crippen LogP) is 5.17. The SMILES string of the molecule is CN1C(=O)[C@H](Cc2ccccc2)[C@@](C)(c2cc(-c3cccc(OC(F)(F)F)c3)cs2)N=C1N. The molecule has 0 fully saturated rings. The van der Waals surface area contributed by atoms with Crippen molar-refractivity contribution >= 4 is 23.2 Å². The predicted molar refractivity (Wildman–Crippen MR) is 122 cm³/mol. The minimum absolute atomic E-state index is 0.127. The Kier molecular flexibility index (Phi) is 5.92. The Morgan fingerprint density at radius 3 is 2.55 bits per heavy atom. The van der Waals surface area contributed by atoms with Gasteiger partial charge in [-0.1, -0.05) is 42.5 Å². The first kappa shape index (κ1) is 22.8. The first-order valence-electron chi connectivity index (χ1n) is 10.2. The Hall–Kier alpha value is -3.33. The van der Waals surface area contributed by atoms with Crippen molar-refractivity contribution in [3.05, 3.63) is 76.5 Å². The van der Waals surface area contributed by atoms with Gasteiger partial charge in [-0.05, 0) is 53.6 Å². The van der Waals surface area contributed by atoms with Crippen molar-refractivity contribution in [1.82, 2.24) is 4.90 Å². The third kappa shape index (κ3) is 4.73. The number of alkyl halides is 3. The Balaban J connectivity index is 1.71. The van der Waals surface area contributed by atoms with Crippen LogP contribution in [-0.2, 0) is 16.8 Å². The molecule has 2 heterocycles. The maximum atomic E-state index is 13.2. The smallest absolute Gasteiger partial charge is 0.406 e. The maximum Gasteiger partial charge on any atom is 0.573 e. The molecule has 172 valence electrons. The number of carbonyl (C=O) groups excluding carboxylic acids is 1. The van der Waals surface area contributed by atoms with Gasteiger partial charge in [0.05, 0.1) is 5.92 Å². The van der Waals surface area contributed by atoms with E-state index in [1.54, 1.807) is 13.1 Å². The van der Waals surface area contributed by atoms with Gasteiger partial charge < -0.3 is 10.5 Å². The van der Waals surface area contributed by atoms with Crippen LogP contribution in [0.25, 0.3) is 11.1 Å². The van der Waals surface area contributed by atoms with Crippen LogP contribution in [0.1, 0.15) is 17.4 Å². The fourth-order valence-electron chi connectivity index (χ4n) is 3.97. The number of hydrogen-bond donors (Lipinski definition) is 1. The number of hydrogen-bond acceptors (Lipinski definition) is 5. The Morgan fingerprint density at radius 2 is 1.85 bits per heavy atom. The number of amides is 1. The fourth-order valence-corrected chi connectivity index (χ4v) is 5.05. The highest BCUT2D eigenvalue weighted by molar-refractivity contribution is 7.10. The largest absolute Gasteiger partial charge is 0.573 e. The van der Waals surface area contributed by atoms with Gasteiger partial charge in [-0.15, -0.1) is 24.5 Å². The summed E-state index contributed by atoms with van der Waals surface area (Å²) in [5.74, 6) is -0.798. The number of nitrogens with two attached hydrogens (primary N) is 1. The molecule has 33 heavy (non-hydrogen) atoms. The minimum atomic E-state index is -4.77. The quantitative estimate of drug-likeness (QED) is 0.556. The summed E-state index contributed by atoms with van der Waals surface area (Å²) in [5.41, 5.74) is 7.43. The molecule has 0 saturated carbocycles. The van der Waals surface area contributed by atoms with Crippen molar-refractivity contribution < 1.29 is 22.7 Å². The van der Waals surface area contributed by atoms with E-state index < -0.39 is 17.8 Å². The summed E-state index contributed by atoms with van der Waals surface area (Å²) in [6.07, 6.45) is -4.29. The van der Waals surface area contributed by atoms with Gasteiger partial charge in [0.1, 0.15) is 11.3 Å². The highest BCUT2D eigenvalue weighted by Gasteiger charge is 2.47. The first-order chi connectivity index (χ1) is 15.6. The topological polar surface area (TPSA) is 67.9 Å². The summed E-state index contributed by atoms with van der Waals surface area (Å²) in [7, 11) is 1.60. The molecule has 2 atom stereocenters. The molecule has 9 heteroatoms. The second kappa shape index (κ2) is 8.55. The monoisotopic (exact) mass is 473 g/mol. The zero-order valence-electron chi connectivity index (χ0n) is 18.0. The highest BCUT2D eigenvalue weighted by Crippen LogP contribution is 2.44. The van der Waals surface area contributed by atoms with Gasteiger partial charge in [0, 0.05) is 11.9 Å². The van der Waals surface area contributed by atoms with Crippen LogP contribution in [0.4, 0.5) is 13.2 Å². The van der Waals surface area contributed by atoms with Crippen LogP contribution in [0.15, 0.2) is 71.0 Å². The molecule has 0 radical (unpaired) electrons. The van der Waals surface area contributed by atoms with Gasteiger partial charge in [0.25, 0.3) is 0 Å². The maximum absolute atomic E-state index is 13.2. The Bertz CT molecular complexity index is 1190. The molecule has 1 aromatic heterocycles. The minimum Gasteiger partial charge on any atom is -0.406 e. The summed E-state index contributed by atoms with van der Waals surface area (Å²) >= 11 is 1.39. The molecule has 1 aliphatic heterocycles. The van der Waals surface area contributed by atoms with E-state index in [1.807, 2.05) is 48.7 Å². The van der Waals surface area contributed by atoms with E-state index >= 15 is 0 Å². The first-order valence-corrected chi connectivity index (χ1v) is 11.1. The third-order valence-electron chi connectivity index (χ3n) is 5.78. The Labute approximate surface area is 193 Å². The van der Waals surface area contributed by atoms with E-state index in [-0.39, 0.29) is 17.6 Å². The van der Waals surface area contributed by atoms with Crippen molar-refractivity contribution in [1.29, 1.82) is 0 Å². The molecule has 0 bridgehead atoms. The number of benzene rings is 2. The van der Waals surface area contributed by atoms with Crippen molar-refractivity contribution in [2.75, 3.05) is 7.05 Å². The number of thiophene rings is 1. The van der Waals surface area contributed by atoms with E-state index in [0.29, 0.717) is 17.5 Å². The van der Waals surface area contributed by atoms with Gasteiger partial charge >= 0.3 is 6.36 Å². The number of rotatable bonds is 5. The van der Waals surface area contributed by atoms with E-state index in [0.717, 1.165) is 10.4 Å². The van der Waals surface area contributed by atoms with E-state index in [1.165, 1.54) is 34.4 Å².